The van der Waals surface area contributed by atoms with Crippen LogP contribution in [0.4, 0.5) is 0 Å². The van der Waals surface area contributed by atoms with Crippen molar-refractivity contribution >= 4 is 27.6 Å². The fourth-order valence-electron chi connectivity index (χ4n) is 3.32. The van der Waals surface area contributed by atoms with Gasteiger partial charge in [0.25, 0.3) is 0 Å². The summed E-state index contributed by atoms with van der Waals surface area (Å²) in [5, 5.41) is 9.66. The number of hydrogen-bond donors (Lipinski definition) is 0. The Kier molecular flexibility index (Phi) is 5.44. The molecule has 0 spiro atoms. The highest BCUT2D eigenvalue weighted by Gasteiger charge is 2.13. The molecule has 0 saturated carbocycles. The summed E-state index contributed by atoms with van der Waals surface area (Å²) in [5.74, 6) is 0. The number of nitrogens with zero attached hydrogens (tertiary/aromatic N) is 2. The number of aryl methyl sites for hydroxylation is 2. The molecule has 3 aromatic rings. The smallest absolute Gasteiger partial charge is 0.0998 e. The fraction of sp³-hybridized carbons (Fsp3) is 0.174. The van der Waals surface area contributed by atoms with Crippen molar-refractivity contribution in [1.82, 2.24) is 4.57 Å². The maximum Gasteiger partial charge on any atom is 0.0998 e. The Morgan fingerprint density at radius 2 is 1.88 bits per heavy atom. The molecule has 0 aliphatic rings. The van der Waals surface area contributed by atoms with Gasteiger partial charge < -0.3 is 4.57 Å². The maximum absolute atomic E-state index is 9.66. The number of hydrogen-bond acceptors (Lipinski definition) is 1. The summed E-state index contributed by atoms with van der Waals surface area (Å²) in [6.45, 7) is 6.40. The molecule has 3 rings (SSSR count). The summed E-state index contributed by atoms with van der Waals surface area (Å²) < 4.78 is 3.25. The second kappa shape index (κ2) is 7.76. The molecule has 1 heterocycles. The first kappa shape index (κ1) is 18.2. The molecule has 0 saturated heterocycles. The standard InChI is InChI=1S/C23H21BrN2/c1-4-18-8-5-6-11-23(18)26-16(2)12-20(17(26)3)13-21(15-25)19-9-7-10-22(24)14-19/h5-14H,4H2,1-3H3/b21-13-. The molecule has 0 bridgehead atoms. The van der Waals surface area contributed by atoms with Crippen LogP contribution in [0.15, 0.2) is 59.1 Å². The Bertz CT molecular complexity index is 1020. The largest absolute Gasteiger partial charge is 0.318 e. The molecule has 0 unspecified atom stereocenters. The molecule has 130 valence electrons. The van der Waals surface area contributed by atoms with Gasteiger partial charge in [0.1, 0.15) is 0 Å². The Labute approximate surface area is 163 Å². The first-order valence-electron chi connectivity index (χ1n) is 8.70. The molecule has 0 atom stereocenters. The van der Waals surface area contributed by atoms with E-state index in [1.807, 2.05) is 30.3 Å². The van der Waals surface area contributed by atoms with E-state index < -0.39 is 0 Å². The zero-order chi connectivity index (χ0) is 18.7. The van der Waals surface area contributed by atoms with Crippen molar-refractivity contribution < 1.29 is 0 Å². The van der Waals surface area contributed by atoms with E-state index in [1.54, 1.807) is 0 Å². The number of rotatable bonds is 4. The third-order valence-electron chi connectivity index (χ3n) is 4.64. The average molecular weight is 405 g/mol. The van der Waals surface area contributed by atoms with E-state index in [-0.39, 0.29) is 0 Å². The van der Waals surface area contributed by atoms with Crippen LogP contribution < -0.4 is 0 Å². The van der Waals surface area contributed by atoms with E-state index in [0.717, 1.165) is 27.7 Å². The van der Waals surface area contributed by atoms with Crippen LogP contribution in [0.5, 0.6) is 0 Å². The van der Waals surface area contributed by atoms with Crippen LogP contribution in [0, 0.1) is 25.2 Å². The third-order valence-corrected chi connectivity index (χ3v) is 5.13. The lowest BCUT2D eigenvalue weighted by Gasteiger charge is -2.14. The summed E-state index contributed by atoms with van der Waals surface area (Å²) in [4.78, 5) is 0. The first-order chi connectivity index (χ1) is 12.5. The number of halogens is 1. The minimum Gasteiger partial charge on any atom is -0.318 e. The topological polar surface area (TPSA) is 28.7 Å². The van der Waals surface area contributed by atoms with Gasteiger partial charge in [0.05, 0.1) is 11.6 Å². The number of benzene rings is 2. The summed E-state index contributed by atoms with van der Waals surface area (Å²) >= 11 is 3.48. The highest BCUT2D eigenvalue weighted by atomic mass is 79.9. The maximum atomic E-state index is 9.66. The van der Waals surface area contributed by atoms with Gasteiger partial charge in [0.15, 0.2) is 0 Å². The van der Waals surface area contributed by atoms with Crippen molar-refractivity contribution in [3.8, 4) is 11.8 Å². The lowest BCUT2D eigenvalue weighted by Crippen LogP contribution is -2.02. The van der Waals surface area contributed by atoms with E-state index in [0.29, 0.717) is 5.57 Å². The van der Waals surface area contributed by atoms with Crippen LogP contribution in [0.25, 0.3) is 17.3 Å². The molecule has 0 fully saturated rings. The van der Waals surface area contributed by atoms with Gasteiger partial charge in [-0.1, -0.05) is 53.2 Å². The van der Waals surface area contributed by atoms with E-state index in [9.17, 15) is 5.26 Å². The van der Waals surface area contributed by atoms with Gasteiger partial charge in [-0.05, 0) is 67.3 Å². The zero-order valence-corrected chi connectivity index (χ0v) is 16.8. The van der Waals surface area contributed by atoms with E-state index >= 15 is 0 Å². The molecule has 0 N–H and O–H groups in total. The van der Waals surface area contributed by atoms with Gasteiger partial charge in [0.2, 0.25) is 0 Å². The molecule has 0 aliphatic carbocycles. The second-order valence-electron chi connectivity index (χ2n) is 6.32. The molecule has 2 nitrogen and oxygen atoms in total. The molecule has 0 amide bonds. The molecule has 0 aliphatic heterocycles. The average Bonchev–Trinajstić information content (AvgIpc) is 2.92. The molecule has 3 heteroatoms. The van der Waals surface area contributed by atoms with Crippen LogP contribution >= 0.6 is 15.9 Å². The van der Waals surface area contributed by atoms with Gasteiger partial charge in [-0.15, -0.1) is 0 Å². The number of allylic oxidation sites excluding steroid dienone is 1. The van der Waals surface area contributed by atoms with Gasteiger partial charge in [-0.25, -0.2) is 0 Å². The minimum atomic E-state index is 0.662. The van der Waals surface area contributed by atoms with Crippen molar-refractivity contribution in [3.05, 3.63) is 87.1 Å². The van der Waals surface area contributed by atoms with Crippen LogP contribution in [0.1, 0.15) is 35.0 Å². The van der Waals surface area contributed by atoms with E-state index in [2.05, 4.69) is 77.7 Å². The third kappa shape index (κ3) is 3.52. The van der Waals surface area contributed by atoms with Crippen molar-refractivity contribution in [2.75, 3.05) is 0 Å². The number of nitriles is 1. The number of aromatic nitrogens is 1. The molecule has 1 aromatic heterocycles. The Hall–Kier alpha value is -2.57. The molecular formula is C23H21BrN2. The fourth-order valence-corrected chi connectivity index (χ4v) is 3.72. The van der Waals surface area contributed by atoms with Gasteiger partial charge in [-0.3, -0.25) is 0 Å². The molecule has 2 aromatic carbocycles. The van der Waals surface area contributed by atoms with Crippen molar-refractivity contribution in [1.29, 1.82) is 5.26 Å². The summed E-state index contributed by atoms with van der Waals surface area (Å²) in [6.07, 6.45) is 2.97. The van der Waals surface area contributed by atoms with Gasteiger partial charge in [0, 0.05) is 21.5 Å². The Morgan fingerprint density at radius 3 is 2.58 bits per heavy atom. The second-order valence-corrected chi connectivity index (χ2v) is 7.24. The Balaban J connectivity index is 2.12. The highest BCUT2D eigenvalue weighted by Crippen LogP contribution is 2.27. The van der Waals surface area contributed by atoms with Crippen LogP contribution in [-0.2, 0) is 6.42 Å². The Morgan fingerprint density at radius 1 is 1.12 bits per heavy atom. The van der Waals surface area contributed by atoms with E-state index in [4.69, 9.17) is 0 Å². The monoisotopic (exact) mass is 404 g/mol. The SMILES string of the molecule is CCc1ccccc1-n1c(C)cc(/C=C(/C#N)c2cccc(Br)c2)c1C. The predicted octanol–water partition coefficient (Wildman–Crippen LogP) is 6.48. The van der Waals surface area contributed by atoms with Gasteiger partial charge >= 0.3 is 0 Å². The van der Waals surface area contributed by atoms with Crippen LogP contribution in [0.2, 0.25) is 0 Å². The lowest BCUT2D eigenvalue weighted by molar-refractivity contribution is 0.936. The summed E-state index contributed by atoms with van der Waals surface area (Å²) in [5.41, 5.74) is 7.50. The van der Waals surface area contributed by atoms with Crippen molar-refractivity contribution in [2.24, 2.45) is 0 Å². The summed E-state index contributed by atoms with van der Waals surface area (Å²) in [6, 6.07) is 20.8. The minimum absolute atomic E-state index is 0.662. The number of para-hydroxylation sites is 1. The molecule has 26 heavy (non-hydrogen) atoms. The van der Waals surface area contributed by atoms with Crippen molar-refractivity contribution in [2.45, 2.75) is 27.2 Å². The molecule has 0 radical (unpaired) electrons. The normalized spacial score (nSPS) is 11.4. The van der Waals surface area contributed by atoms with Crippen LogP contribution in [-0.4, -0.2) is 4.57 Å². The van der Waals surface area contributed by atoms with Crippen molar-refractivity contribution in [3.63, 3.8) is 0 Å². The first-order valence-corrected chi connectivity index (χ1v) is 9.49. The lowest BCUT2D eigenvalue weighted by atomic mass is 10.0. The van der Waals surface area contributed by atoms with E-state index in [1.165, 1.54) is 16.9 Å². The zero-order valence-electron chi connectivity index (χ0n) is 15.3. The van der Waals surface area contributed by atoms with Gasteiger partial charge in [-0.2, -0.15) is 5.26 Å². The highest BCUT2D eigenvalue weighted by molar-refractivity contribution is 9.10. The quantitative estimate of drug-likeness (QED) is 0.457. The predicted molar refractivity (Wildman–Crippen MR) is 112 cm³/mol. The molecular weight excluding hydrogens is 384 g/mol. The summed E-state index contributed by atoms with van der Waals surface area (Å²) in [7, 11) is 0. The van der Waals surface area contributed by atoms with Crippen LogP contribution in [0.3, 0.4) is 0 Å².